The Morgan fingerprint density at radius 1 is 0.361 bits per heavy atom. The average Bonchev–Trinajstić information content (AvgIpc) is 2.85. The lowest BCUT2D eigenvalue weighted by Crippen LogP contribution is -2.19. The highest BCUT2D eigenvalue weighted by molar-refractivity contribution is 7.94. The second-order valence-corrected chi connectivity index (χ2v) is 12.6. The van der Waals surface area contributed by atoms with Gasteiger partial charge in [0.15, 0.2) is 0 Å². The lowest BCUT2D eigenvalue weighted by molar-refractivity contribution is 0.597. The Morgan fingerprint density at radius 2 is 0.583 bits per heavy atom. The molecular weight excluding hydrogens is 522 g/mol. The van der Waals surface area contributed by atoms with Gasteiger partial charge in [0.1, 0.15) is 0 Å². The molecule has 0 aliphatic carbocycles. The molecule has 0 bridgehead atoms. The predicted molar refractivity (Wildman–Crippen MR) is 138 cm³/mol. The first kappa shape index (κ1) is 25.2. The number of hydrogen-bond donors (Lipinski definition) is 3. The molecule has 4 aromatic carbocycles. The molecule has 0 aliphatic rings. The van der Waals surface area contributed by atoms with Crippen LogP contribution >= 0.6 is 0 Å². The van der Waals surface area contributed by atoms with E-state index in [9.17, 15) is 25.3 Å². The third-order valence-corrected chi connectivity index (χ3v) is 8.94. The molecule has 3 N–H and O–H groups in total. The lowest BCUT2D eigenvalue weighted by atomic mass is 10.3. The second-order valence-electron chi connectivity index (χ2n) is 7.55. The monoisotopic (exact) mass is 543 g/mol. The molecule has 0 aliphatic heterocycles. The summed E-state index contributed by atoms with van der Waals surface area (Å²) in [5.74, 6) is 0. The van der Waals surface area contributed by atoms with E-state index in [1.165, 1.54) is 36.4 Å². The first-order valence-electron chi connectivity index (χ1n) is 10.4. The molecule has 12 heteroatoms. The van der Waals surface area contributed by atoms with E-state index < -0.39 is 44.8 Å². The van der Waals surface area contributed by atoms with Gasteiger partial charge in [-0.25, -0.2) is 25.3 Å². The van der Waals surface area contributed by atoms with Crippen LogP contribution in [0.2, 0.25) is 0 Å². The number of benzene rings is 4. The molecule has 0 unspecified atom stereocenters. The maximum Gasteiger partial charge on any atom is 0.261 e. The zero-order valence-corrected chi connectivity index (χ0v) is 21.0. The van der Waals surface area contributed by atoms with Crippen LogP contribution in [0.25, 0.3) is 0 Å². The molecule has 0 radical (unpaired) electrons. The molecule has 0 aromatic heterocycles. The molecule has 0 amide bonds. The van der Waals surface area contributed by atoms with Gasteiger partial charge in [0.2, 0.25) is 0 Å². The van der Waals surface area contributed by atoms with E-state index in [1.54, 1.807) is 54.6 Å². The van der Waals surface area contributed by atoms with Crippen molar-refractivity contribution in [2.45, 2.75) is 14.7 Å². The summed E-state index contributed by atoms with van der Waals surface area (Å²) in [6.07, 6.45) is 0. The minimum absolute atomic E-state index is 0.222. The summed E-state index contributed by atoms with van der Waals surface area (Å²) >= 11 is 0. The van der Waals surface area contributed by atoms with E-state index >= 15 is 0 Å². The quantitative estimate of drug-likeness (QED) is 0.291. The molecule has 0 saturated heterocycles. The van der Waals surface area contributed by atoms with Crippen molar-refractivity contribution in [1.29, 1.82) is 0 Å². The molecule has 0 spiro atoms. The van der Waals surface area contributed by atoms with Crippen molar-refractivity contribution in [2.75, 3.05) is 14.2 Å². The standard InChI is InChI=1S/C24H21N3O6S3/c28-34(29,25-19-10-4-1-5-11-19)22-16-23(35(30,31)26-20-12-6-2-7-13-20)18-24(17-22)36(32,33)27-21-14-8-3-9-15-21/h1-18,25-27H. The number of rotatable bonds is 9. The fraction of sp³-hybridized carbons (Fsp3) is 0. The summed E-state index contributed by atoms with van der Waals surface area (Å²) in [5, 5.41) is 0. The minimum atomic E-state index is -4.36. The largest absolute Gasteiger partial charge is 0.280 e. The fourth-order valence-corrected chi connectivity index (χ4v) is 6.78. The highest BCUT2D eigenvalue weighted by Crippen LogP contribution is 2.27. The Hall–Kier alpha value is -3.87. The highest BCUT2D eigenvalue weighted by atomic mass is 32.2. The van der Waals surface area contributed by atoms with Gasteiger partial charge in [0.25, 0.3) is 30.1 Å². The number of hydrogen-bond acceptors (Lipinski definition) is 6. The zero-order valence-electron chi connectivity index (χ0n) is 18.6. The molecule has 36 heavy (non-hydrogen) atoms. The Morgan fingerprint density at radius 3 is 0.806 bits per heavy atom. The van der Waals surface area contributed by atoms with E-state index in [0.29, 0.717) is 0 Å². The van der Waals surface area contributed by atoms with Crippen molar-refractivity contribution < 1.29 is 25.3 Å². The fourth-order valence-electron chi connectivity index (χ4n) is 3.17. The van der Waals surface area contributed by atoms with Crippen LogP contribution in [0.15, 0.2) is 124 Å². The summed E-state index contributed by atoms with van der Waals surface area (Å²) in [6, 6.07) is 26.5. The van der Waals surface area contributed by atoms with Gasteiger partial charge in [-0.05, 0) is 54.6 Å². The van der Waals surface area contributed by atoms with Crippen LogP contribution in [-0.4, -0.2) is 25.3 Å². The molecule has 9 nitrogen and oxygen atoms in total. The first-order valence-corrected chi connectivity index (χ1v) is 14.9. The molecule has 0 saturated carbocycles. The van der Waals surface area contributed by atoms with Crippen molar-refractivity contribution in [3.8, 4) is 0 Å². The Kier molecular flexibility index (Phi) is 7.02. The number of anilines is 3. The maximum absolute atomic E-state index is 13.1. The van der Waals surface area contributed by atoms with Crippen LogP contribution in [0, 0.1) is 0 Å². The van der Waals surface area contributed by atoms with Crippen LogP contribution in [-0.2, 0) is 30.1 Å². The van der Waals surface area contributed by atoms with Gasteiger partial charge in [0.05, 0.1) is 14.7 Å². The normalized spacial score (nSPS) is 12.0. The average molecular weight is 544 g/mol. The third-order valence-electron chi connectivity index (χ3n) is 4.86. The number of para-hydroxylation sites is 3. The Labute approximate surface area is 210 Å². The van der Waals surface area contributed by atoms with Gasteiger partial charge < -0.3 is 0 Å². The zero-order chi connectivity index (χ0) is 25.8. The van der Waals surface area contributed by atoms with Crippen LogP contribution < -0.4 is 14.2 Å². The second kappa shape index (κ2) is 10.0. The van der Waals surface area contributed by atoms with Crippen molar-refractivity contribution in [3.63, 3.8) is 0 Å². The summed E-state index contributed by atoms with van der Waals surface area (Å²) in [6.45, 7) is 0. The topological polar surface area (TPSA) is 139 Å². The Bertz CT molecular complexity index is 1460. The van der Waals surface area contributed by atoms with Gasteiger partial charge in [-0.15, -0.1) is 0 Å². The van der Waals surface area contributed by atoms with Crippen LogP contribution in [0.4, 0.5) is 17.1 Å². The van der Waals surface area contributed by atoms with E-state index in [4.69, 9.17) is 0 Å². The molecule has 186 valence electrons. The van der Waals surface area contributed by atoms with Crippen LogP contribution in [0.1, 0.15) is 0 Å². The highest BCUT2D eigenvalue weighted by Gasteiger charge is 2.26. The Balaban J connectivity index is 1.82. The summed E-state index contributed by atoms with van der Waals surface area (Å²) < 4.78 is 85.8. The van der Waals surface area contributed by atoms with Crippen molar-refractivity contribution in [2.24, 2.45) is 0 Å². The SMILES string of the molecule is O=S(=O)(Nc1ccccc1)c1cc(S(=O)(=O)Nc2ccccc2)cc(S(=O)(=O)Nc2ccccc2)c1. The smallest absolute Gasteiger partial charge is 0.261 e. The van der Waals surface area contributed by atoms with Gasteiger partial charge in [-0.1, -0.05) is 54.6 Å². The lowest BCUT2D eigenvalue weighted by Gasteiger charge is -2.14. The first-order chi connectivity index (χ1) is 17.1. The van der Waals surface area contributed by atoms with Crippen molar-refractivity contribution in [1.82, 2.24) is 0 Å². The molecular formula is C24H21N3O6S3. The molecule has 4 aromatic rings. The number of sulfonamides is 3. The van der Waals surface area contributed by atoms with E-state index in [2.05, 4.69) is 14.2 Å². The predicted octanol–water partition coefficient (Wildman–Crippen LogP) is 4.09. The van der Waals surface area contributed by atoms with E-state index in [0.717, 1.165) is 18.2 Å². The van der Waals surface area contributed by atoms with E-state index in [1.807, 2.05) is 0 Å². The number of nitrogens with one attached hydrogen (secondary N) is 3. The van der Waals surface area contributed by atoms with Crippen molar-refractivity contribution >= 4 is 47.1 Å². The van der Waals surface area contributed by atoms with Crippen molar-refractivity contribution in [3.05, 3.63) is 109 Å². The molecule has 0 heterocycles. The maximum atomic E-state index is 13.1. The third kappa shape index (κ3) is 6.03. The van der Waals surface area contributed by atoms with E-state index in [-0.39, 0.29) is 17.1 Å². The molecule has 4 rings (SSSR count). The minimum Gasteiger partial charge on any atom is -0.280 e. The van der Waals surface area contributed by atoms with Gasteiger partial charge >= 0.3 is 0 Å². The van der Waals surface area contributed by atoms with Crippen LogP contribution in [0.5, 0.6) is 0 Å². The molecule has 0 fully saturated rings. The van der Waals surface area contributed by atoms with Gasteiger partial charge in [-0.2, -0.15) is 0 Å². The summed E-state index contributed by atoms with van der Waals surface area (Å²) in [5.41, 5.74) is 0.667. The summed E-state index contributed by atoms with van der Waals surface area (Å²) in [7, 11) is -13.1. The van der Waals surface area contributed by atoms with Crippen LogP contribution in [0.3, 0.4) is 0 Å². The summed E-state index contributed by atoms with van der Waals surface area (Å²) in [4.78, 5) is -1.64. The van der Waals surface area contributed by atoms with Gasteiger partial charge in [0, 0.05) is 17.1 Å². The van der Waals surface area contributed by atoms with Gasteiger partial charge in [-0.3, -0.25) is 14.2 Å². The molecule has 0 atom stereocenters.